The first-order valence-electron chi connectivity index (χ1n) is 5.83. The summed E-state index contributed by atoms with van der Waals surface area (Å²) in [6, 6.07) is 4.22. The fourth-order valence-corrected chi connectivity index (χ4v) is 1.95. The van der Waals surface area contributed by atoms with Crippen LogP contribution in [0.25, 0.3) is 0 Å². The standard InChI is InChI=1S/C13H15BrN2O4/c1-16(2)11(17)3-4-15-12(18)8-5-9(13(19)20)7-10(14)6-8/h5-7H,3-4H2,1-2H3,(H,15,18)(H,19,20). The third-order valence-electron chi connectivity index (χ3n) is 2.53. The molecule has 0 fully saturated rings. The maximum absolute atomic E-state index is 11.9. The van der Waals surface area contributed by atoms with E-state index in [1.807, 2.05) is 0 Å². The number of benzene rings is 1. The Hall–Kier alpha value is -1.89. The zero-order valence-electron chi connectivity index (χ0n) is 11.1. The smallest absolute Gasteiger partial charge is 0.335 e. The molecule has 7 heteroatoms. The first-order valence-corrected chi connectivity index (χ1v) is 6.63. The molecule has 1 aromatic carbocycles. The zero-order valence-corrected chi connectivity index (χ0v) is 12.7. The molecule has 2 amide bonds. The second-order valence-corrected chi connectivity index (χ2v) is 5.24. The van der Waals surface area contributed by atoms with Gasteiger partial charge in [-0.15, -0.1) is 0 Å². The van der Waals surface area contributed by atoms with Gasteiger partial charge in [0.05, 0.1) is 5.56 Å². The van der Waals surface area contributed by atoms with Gasteiger partial charge < -0.3 is 15.3 Å². The number of carboxylic acid groups (broad SMARTS) is 1. The van der Waals surface area contributed by atoms with Gasteiger partial charge in [0.2, 0.25) is 5.91 Å². The minimum Gasteiger partial charge on any atom is -0.478 e. The van der Waals surface area contributed by atoms with Crippen LogP contribution in [0.4, 0.5) is 0 Å². The van der Waals surface area contributed by atoms with E-state index in [-0.39, 0.29) is 30.0 Å². The van der Waals surface area contributed by atoms with Crippen molar-refractivity contribution in [3.8, 4) is 0 Å². The largest absolute Gasteiger partial charge is 0.478 e. The Morgan fingerprint density at radius 2 is 1.80 bits per heavy atom. The molecule has 2 N–H and O–H groups in total. The maximum atomic E-state index is 11.9. The molecule has 0 heterocycles. The number of nitrogens with zero attached hydrogens (tertiary/aromatic N) is 1. The van der Waals surface area contributed by atoms with Gasteiger partial charge in [-0.2, -0.15) is 0 Å². The molecule has 0 aromatic heterocycles. The van der Waals surface area contributed by atoms with E-state index in [0.29, 0.717) is 4.47 Å². The fourth-order valence-electron chi connectivity index (χ4n) is 1.45. The molecule has 0 atom stereocenters. The van der Waals surface area contributed by atoms with E-state index in [2.05, 4.69) is 21.2 Å². The summed E-state index contributed by atoms with van der Waals surface area (Å²) in [5, 5.41) is 11.5. The monoisotopic (exact) mass is 342 g/mol. The molecule has 0 saturated heterocycles. The lowest BCUT2D eigenvalue weighted by Crippen LogP contribution is -2.30. The molecule has 0 bridgehead atoms. The van der Waals surface area contributed by atoms with Crippen LogP contribution in [0.2, 0.25) is 0 Å². The number of amides is 2. The van der Waals surface area contributed by atoms with Crippen LogP contribution in [0.1, 0.15) is 27.1 Å². The summed E-state index contributed by atoms with van der Waals surface area (Å²) in [5.41, 5.74) is 0.253. The molecule has 0 saturated carbocycles. The molecule has 0 radical (unpaired) electrons. The van der Waals surface area contributed by atoms with Crippen molar-refractivity contribution in [1.82, 2.24) is 10.2 Å². The molecule has 0 aliphatic rings. The van der Waals surface area contributed by atoms with Gasteiger partial charge in [0.1, 0.15) is 0 Å². The SMILES string of the molecule is CN(C)C(=O)CCNC(=O)c1cc(Br)cc(C(=O)O)c1. The fraction of sp³-hybridized carbons (Fsp3) is 0.308. The molecule has 0 aliphatic heterocycles. The Balaban J connectivity index is 2.68. The average Bonchev–Trinajstić information content (AvgIpc) is 2.37. The minimum absolute atomic E-state index is 0.0221. The van der Waals surface area contributed by atoms with Gasteiger partial charge in [0, 0.05) is 37.1 Å². The lowest BCUT2D eigenvalue weighted by atomic mass is 10.1. The van der Waals surface area contributed by atoms with Gasteiger partial charge in [-0.25, -0.2) is 4.79 Å². The van der Waals surface area contributed by atoms with Crippen molar-refractivity contribution in [2.24, 2.45) is 0 Å². The molecular weight excluding hydrogens is 328 g/mol. The third-order valence-corrected chi connectivity index (χ3v) is 2.99. The number of hydrogen-bond acceptors (Lipinski definition) is 3. The quantitative estimate of drug-likeness (QED) is 0.845. The Morgan fingerprint density at radius 1 is 1.20 bits per heavy atom. The van der Waals surface area contributed by atoms with Crippen LogP contribution in [-0.2, 0) is 4.79 Å². The molecule has 6 nitrogen and oxygen atoms in total. The second kappa shape index (κ2) is 7.04. The number of carboxylic acids is 1. The van der Waals surface area contributed by atoms with Crippen molar-refractivity contribution in [2.75, 3.05) is 20.6 Å². The molecular formula is C13H15BrN2O4. The minimum atomic E-state index is -1.11. The zero-order chi connectivity index (χ0) is 15.3. The van der Waals surface area contributed by atoms with E-state index >= 15 is 0 Å². The van der Waals surface area contributed by atoms with E-state index in [4.69, 9.17) is 5.11 Å². The highest BCUT2D eigenvalue weighted by atomic mass is 79.9. The van der Waals surface area contributed by atoms with Crippen LogP contribution in [0, 0.1) is 0 Å². The first-order chi connectivity index (χ1) is 9.31. The van der Waals surface area contributed by atoms with E-state index < -0.39 is 11.9 Å². The highest BCUT2D eigenvalue weighted by Crippen LogP contribution is 2.16. The number of carbonyl (C=O) groups excluding carboxylic acids is 2. The molecule has 108 valence electrons. The van der Waals surface area contributed by atoms with Crippen molar-refractivity contribution in [1.29, 1.82) is 0 Å². The van der Waals surface area contributed by atoms with Crippen LogP contribution < -0.4 is 5.32 Å². The predicted octanol–water partition coefficient (Wildman–Crippen LogP) is 1.36. The third kappa shape index (κ3) is 4.65. The Morgan fingerprint density at radius 3 is 2.35 bits per heavy atom. The number of carbonyl (C=O) groups is 3. The lowest BCUT2D eigenvalue weighted by molar-refractivity contribution is -0.128. The Bertz CT molecular complexity index is 543. The number of nitrogens with one attached hydrogen (secondary N) is 1. The first kappa shape index (κ1) is 16.2. The number of halogens is 1. The highest BCUT2D eigenvalue weighted by Gasteiger charge is 2.12. The van der Waals surface area contributed by atoms with Crippen molar-refractivity contribution in [3.63, 3.8) is 0 Å². The summed E-state index contributed by atoms with van der Waals surface area (Å²) in [6.45, 7) is 0.199. The van der Waals surface area contributed by atoms with Crippen LogP contribution in [0.5, 0.6) is 0 Å². The van der Waals surface area contributed by atoms with Gasteiger partial charge in [0.15, 0.2) is 0 Å². The van der Waals surface area contributed by atoms with Gasteiger partial charge >= 0.3 is 5.97 Å². The number of aromatic carboxylic acids is 1. The molecule has 20 heavy (non-hydrogen) atoms. The van der Waals surface area contributed by atoms with Crippen LogP contribution in [0.3, 0.4) is 0 Å². The van der Waals surface area contributed by atoms with E-state index in [0.717, 1.165) is 0 Å². The molecule has 0 unspecified atom stereocenters. The predicted molar refractivity (Wildman–Crippen MR) is 76.7 cm³/mol. The molecule has 1 aromatic rings. The van der Waals surface area contributed by atoms with E-state index in [1.165, 1.54) is 23.1 Å². The van der Waals surface area contributed by atoms with Crippen molar-refractivity contribution >= 4 is 33.7 Å². The van der Waals surface area contributed by atoms with Crippen LogP contribution in [-0.4, -0.2) is 48.4 Å². The average molecular weight is 343 g/mol. The molecule has 0 aliphatic carbocycles. The van der Waals surface area contributed by atoms with Crippen molar-refractivity contribution in [3.05, 3.63) is 33.8 Å². The van der Waals surface area contributed by atoms with Crippen molar-refractivity contribution < 1.29 is 19.5 Å². The second-order valence-electron chi connectivity index (χ2n) is 4.33. The number of rotatable bonds is 5. The summed E-state index contributed by atoms with van der Waals surface area (Å²) in [7, 11) is 3.27. The van der Waals surface area contributed by atoms with E-state index in [1.54, 1.807) is 14.1 Å². The summed E-state index contributed by atoms with van der Waals surface area (Å²) < 4.78 is 0.506. The topological polar surface area (TPSA) is 86.7 Å². The molecule has 1 rings (SSSR count). The van der Waals surface area contributed by atoms with Gasteiger partial charge in [0.25, 0.3) is 5.91 Å². The van der Waals surface area contributed by atoms with Crippen LogP contribution in [0.15, 0.2) is 22.7 Å². The Labute approximate surface area is 124 Å². The van der Waals surface area contributed by atoms with E-state index in [9.17, 15) is 14.4 Å². The van der Waals surface area contributed by atoms with Gasteiger partial charge in [-0.3, -0.25) is 9.59 Å². The van der Waals surface area contributed by atoms with Crippen molar-refractivity contribution in [2.45, 2.75) is 6.42 Å². The number of hydrogen-bond donors (Lipinski definition) is 2. The molecule has 0 spiro atoms. The maximum Gasteiger partial charge on any atom is 0.335 e. The summed E-state index contributed by atoms with van der Waals surface area (Å²) in [4.78, 5) is 35.6. The lowest BCUT2D eigenvalue weighted by Gasteiger charge is -2.10. The Kier molecular flexibility index (Phi) is 5.69. The van der Waals surface area contributed by atoms with Gasteiger partial charge in [-0.05, 0) is 18.2 Å². The normalized spacial score (nSPS) is 9.95. The summed E-state index contributed by atoms with van der Waals surface area (Å²) in [5.74, 6) is -1.62. The highest BCUT2D eigenvalue weighted by molar-refractivity contribution is 9.10. The van der Waals surface area contributed by atoms with Gasteiger partial charge in [-0.1, -0.05) is 15.9 Å². The van der Waals surface area contributed by atoms with Crippen LogP contribution >= 0.6 is 15.9 Å². The summed E-state index contributed by atoms with van der Waals surface area (Å²) >= 11 is 3.16. The summed E-state index contributed by atoms with van der Waals surface area (Å²) in [6.07, 6.45) is 0.193.